The van der Waals surface area contributed by atoms with Gasteiger partial charge in [0.1, 0.15) is 13.2 Å². The first-order chi connectivity index (χ1) is 35.6. The molecule has 0 aromatic heterocycles. The zero-order valence-electron chi connectivity index (χ0n) is 48.5. The monoisotopic (exact) mass is 1010 g/mol. The van der Waals surface area contributed by atoms with Gasteiger partial charge in [0.15, 0.2) is 0 Å². The van der Waals surface area contributed by atoms with Gasteiger partial charge in [-0.25, -0.2) is 0 Å². The SMILES string of the molecule is CCCCCCCCCCCCCCCCCCCCCCCCCCCCCCCC/C=C/CCCCCCCCCCCCCCCCCCCCCCCC1CC(=O)OCC(CO)(CO)COC1=O. The smallest absolute Gasteiger partial charge is 0.309 e. The Kier molecular flexibility index (Phi) is 53.2. The van der Waals surface area contributed by atoms with Crippen LogP contribution in [0, 0.1) is 11.3 Å². The van der Waals surface area contributed by atoms with Gasteiger partial charge in [-0.3, -0.25) is 9.59 Å². The van der Waals surface area contributed by atoms with E-state index in [2.05, 4.69) is 19.1 Å². The van der Waals surface area contributed by atoms with Crippen LogP contribution in [-0.4, -0.2) is 48.6 Å². The molecule has 0 spiro atoms. The lowest BCUT2D eigenvalue weighted by Crippen LogP contribution is -2.40. The average molecular weight is 1020 g/mol. The molecule has 0 aliphatic carbocycles. The van der Waals surface area contributed by atoms with Crippen molar-refractivity contribution in [3.63, 3.8) is 0 Å². The Morgan fingerprint density at radius 2 is 0.597 bits per heavy atom. The topological polar surface area (TPSA) is 93.1 Å². The lowest BCUT2D eigenvalue weighted by Gasteiger charge is -2.27. The van der Waals surface area contributed by atoms with E-state index < -0.39 is 36.5 Å². The van der Waals surface area contributed by atoms with Gasteiger partial charge in [-0.05, 0) is 32.1 Å². The summed E-state index contributed by atoms with van der Waals surface area (Å²) in [5, 5.41) is 19.2. The van der Waals surface area contributed by atoms with Gasteiger partial charge in [0.2, 0.25) is 0 Å². The van der Waals surface area contributed by atoms with Crippen LogP contribution in [0.1, 0.15) is 360 Å². The largest absolute Gasteiger partial charge is 0.465 e. The molecule has 1 atom stereocenters. The maximum atomic E-state index is 12.5. The molecule has 0 saturated carbocycles. The fraction of sp³-hybridized carbons (Fsp3) is 0.939. The Bertz CT molecular complexity index is 1130. The molecule has 426 valence electrons. The summed E-state index contributed by atoms with van der Waals surface area (Å²) in [4.78, 5) is 24.7. The molecule has 72 heavy (non-hydrogen) atoms. The van der Waals surface area contributed by atoms with Gasteiger partial charge >= 0.3 is 11.9 Å². The molecule has 1 fully saturated rings. The second kappa shape index (κ2) is 55.8. The van der Waals surface area contributed by atoms with E-state index in [9.17, 15) is 19.8 Å². The van der Waals surface area contributed by atoms with Crippen LogP contribution in [-0.2, 0) is 19.1 Å². The Balaban J connectivity index is 1.68. The maximum absolute atomic E-state index is 12.5. The number of ether oxygens (including phenoxy) is 2. The predicted octanol–water partition coefficient (Wildman–Crippen LogP) is 20.7. The van der Waals surface area contributed by atoms with Crippen LogP contribution < -0.4 is 0 Å². The molecule has 1 saturated heterocycles. The van der Waals surface area contributed by atoms with Gasteiger partial charge in [-0.2, -0.15) is 0 Å². The molecular formula is C66H126O6. The third-order valence-corrected chi connectivity index (χ3v) is 16.3. The molecule has 1 rings (SSSR count). The number of hydrogen-bond donors (Lipinski definition) is 2. The number of cyclic esters (lactones) is 2. The number of unbranched alkanes of at least 4 members (excludes halogenated alkanes) is 51. The molecule has 0 bridgehead atoms. The van der Waals surface area contributed by atoms with Crippen molar-refractivity contribution in [3.05, 3.63) is 12.2 Å². The van der Waals surface area contributed by atoms with Crippen LogP contribution in [0.2, 0.25) is 0 Å². The molecule has 2 N–H and O–H groups in total. The minimum atomic E-state index is -1.12. The molecule has 0 radical (unpaired) electrons. The average Bonchev–Trinajstić information content (AvgIpc) is 3.45. The van der Waals surface area contributed by atoms with Crippen LogP contribution in [0.4, 0.5) is 0 Å². The van der Waals surface area contributed by atoms with E-state index in [4.69, 9.17) is 9.47 Å². The van der Waals surface area contributed by atoms with Gasteiger partial charge in [0, 0.05) is 0 Å². The molecule has 1 aliphatic heterocycles. The van der Waals surface area contributed by atoms with Crippen molar-refractivity contribution in [2.24, 2.45) is 11.3 Å². The number of aliphatic hydroxyl groups excluding tert-OH is 2. The predicted molar refractivity (Wildman–Crippen MR) is 311 cm³/mol. The summed E-state index contributed by atoms with van der Waals surface area (Å²) in [6.07, 6.45) is 80.2. The Morgan fingerprint density at radius 1 is 0.361 bits per heavy atom. The highest BCUT2D eigenvalue weighted by Gasteiger charge is 2.36. The van der Waals surface area contributed by atoms with Gasteiger partial charge in [0.05, 0.1) is 31.0 Å². The molecule has 1 unspecified atom stereocenters. The second-order valence-electron chi connectivity index (χ2n) is 23.5. The van der Waals surface area contributed by atoms with E-state index in [0.717, 1.165) is 19.3 Å². The van der Waals surface area contributed by atoms with E-state index in [1.165, 1.54) is 321 Å². The number of carbonyl (C=O) groups excluding carboxylic acids is 2. The highest BCUT2D eigenvalue weighted by molar-refractivity contribution is 5.80. The van der Waals surface area contributed by atoms with E-state index in [-0.39, 0.29) is 19.6 Å². The minimum absolute atomic E-state index is 0.00416. The fourth-order valence-electron chi connectivity index (χ4n) is 10.9. The molecule has 0 aromatic rings. The quantitative estimate of drug-likeness (QED) is 0.0358. The third-order valence-electron chi connectivity index (χ3n) is 16.3. The first-order valence-electron chi connectivity index (χ1n) is 32.8. The van der Waals surface area contributed by atoms with Gasteiger partial charge in [-0.1, -0.05) is 334 Å². The molecule has 6 nitrogen and oxygen atoms in total. The van der Waals surface area contributed by atoms with E-state index in [1.54, 1.807) is 0 Å². The fourth-order valence-corrected chi connectivity index (χ4v) is 10.9. The summed E-state index contributed by atoms with van der Waals surface area (Å²) in [7, 11) is 0. The van der Waals surface area contributed by atoms with E-state index >= 15 is 0 Å². The first-order valence-corrected chi connectivity index (χ1v) is 32.8. The Hall–Kier alpha value is -1.40. The summed E-state index contributed by atoms with van der Waals surface area (Å²) < 4.78 is 10.6. The number of rotatable bonds is 57. The summed E-state index contributed by atoms with van der Waals surface area (Å²) in [6, 6.07) is 0. The minimum Gasteiger partial charge on any atom is -0.465 e. The molecule has 0 amide bonds. The lowest BCUT2D eigenvalue weighted by atomic mass is 9.92. The number of hydrogen-bond acceptors (Lipinski definition) is 6. The van der Waals surface area contributed by atoms with Crippen LogP contribution in [0.5, 0.6) is 0 Å². The van der Waals surface area contributed by atoms with Crippen molar-refractivity contribution in [3.8, 4) is 0 Å². The zero-order chi connectivity index (χ0) is 51.8. The van der Waals surface area contributed by atoms with E-state index in [1.807, 2.05) is 0 Å². The van der Waals surface area contributed by atoms with Crippen LogP contribution in [0.3, 0.4) is 0 Å². The van der Waals surface area contributed by atoms with Crippen molar-refractivity contribution in [2.75, 3.05) is 26.4 Å². The van der Waals surface area contributed by atoms with E-state index in [0.29, 0.717) is 6.42 Å². The van der Waals surface area contributed by atoms with Gasteiger partial charge in [0.25, 0.3) is 0 Å². The normalized spacial score (nSPS) is 15.2. The van der Waals surface area contributed by atoms with Crippen molar-refractivity contribution in [1.29, 1.82) is 0 Å². The Morgan fingerprint density at radius 3 is 0.861 bits per heavy atom. The number of aliphatic hydroxyl groups is 2. The standard InChI is InChI=1S/C66H126O6/c1-2-3-4-5-6-7-8-9-10-11-12-13-14-15-16-17-18-19-20-21-22-23-24-25-26-27-28-29-30-31-32-33-34-35-36-37-38-39-40-41-42-43-44-45-46-47-48-49-50-51-52-53-54-55-56-57-63-58-64(69)71-61-66(59-67,60-68)62-72-65(63)70/h33-34,63,67-68H,2-32,35-62H2,1H3/b34-33+. The van der Waals surface area contributed by atoms with Gasteiger partial charge < -0.3 is 19.7 Å². The Labute approximate surface area is 449 Å². The second-order valence-corrected chi connectivity index (χ2v) is 23.5. The van der Waals surface area contributed by atoms with Crippen molar-refractivity contribution >= 4 is 11.9 Å². The van der Waals surface area contributed by atoms with Crippen LogP contribution in [0.25, 0.3) is 0 Å². The third kappa shape index (κ3) is 47.1. The van der Waals surface area contributed by atoms with Crippen LogP contribution >= 0.6 is 0 Å². The van der Waals surface area contributed by atoms with Gasteiger partial charge in [-0.15, -0.1) is 0 Å². The van der Waals surface area contributed by atoms with Crippen molar-refractivity contribution in [2.45, 2.75) is 360 Å². The molecule has 6 heteroatoms. The summed E-state index contributed by atoms with van der Waals surface area (Å²) in [5.41, 5.74) is -1.12. The molecule has 1 heterocycles. The van der Waals surface area contributed by atoms with Crippen LogP contribution in [0.15, 0.2) is 12.2 Å². The molecule has 1 aliphatic rings. The molecular weight excluding hydrogens is 889 g/mol. The highest BCUT2D eigenvalue weighted by Crippen LogP contribution is 2.25. The lowest BCUT2D eigenvalue weighted by molar-refractivity contribution is -0.155. The van der Waals surface area contributed by atoms with Crippen molar-refractivity contribution in [1.82, 2.24) is 0 Å². The zero-order valence-corrected chi connectivity index (χ0v) is 48.5. The summed E-state index contributed by atoms with van der Waals surface area (Å²) in [6.45, 7) is 1.21. The summed E-state index contributed by atoms with van der Waals surface area (Å²) >= 11 is 0. The van der Waals surface area contributed by atoms with Crippen molar-refractivity contribution < 1.29 is 29.3 Å². The first kappa shape index (κ1) is 68.6. The number of esters is 2. The number of allylic oxidation sites excluding steroid dienone is 2. The molecule has 0 aromatic carbocycles. The number of carbonyl (C=O) groups is 2. The maximum Gasteiger partial charge on any atom is 0.309 e. The highest BCUT2D eigenvalue weighted by atomic mass is 16.6. The summed E-state index contributed by atoms with van der Waals surface area (Å²) in [5.74, 6) is -1.40.